The van der Waals surface area contributed by atoms with Crippen molar-refractivity contribution in [1.82, 2.24) is 15.2 Å². The third kappa shape index (κ3) is 2.70. The maximum Gasteiger partial charge on any atom is 0.248 e. The Kier molecular flexibility index (Phi) is 4.11. The van der Waals surface area contributed by atoms with Crippen LogP contribution in [0.4, 0.5) is 0 Å². The molecule has 0 unspecified atom stereocenters. The maximum atomic E-state index is 12.0. The van der Waals surface area contributed by atoms with Crippen LogP contribution in [0.2, 0.25) is 0 Å². The molecule has 2 aliphatic rings. The number of nitrogens with one attached hydrogen (secondary N) is 1. The van der Waals surface area contributed by atoms with Crippen LogP contribution in [0.1, 0.15) is 30.7 Å². The molecule has 22 heavy (non-hydrogen) atoms. The quantitative estimate of drug-likeness (QED) is 0.892. The van der Waals surface area contributed by atoms with Gasteiger partial charge in [-0.15, -0.1) is 0 Å². The van der Waals surface area contributed by atoms with Gasteiger partial charge in [-0.05, 0) is 24.5 Å². The van der Waals surface area contributed by atoms with Gasteiger partial charge < -0.3 is 15.0 Å². The van der Waals surface area contributed by atoms with Crippen molar-refractivity contribution in [2.45, 2.75) is 30.7 Å². The molecule has 2 fully saturated rings. The summed E-state index contributed by atoms with van der Waals surface area (Å²) in [7, 11) is 1.53. The summed E-state index contributed by atoms with van der Waals surface area (Å²) in [6.45, 7) is 1.42. The van der Waals surface area contributed by atoms with Gasteiger partial charge in [-0.2, -0.15) is 0 Å². The van der Waals surface area contributed by atoms with E-state index in [1.807, 2.05) is 23.2 Å². The van der Waals surface area contributed by atoms with Gasteiger partial charge in [-0.25, -0.2) is 0 Å². The van der Waals surface area contributed by atoms with Crippen molar-refractivity contribution in [3.63, 3.8) is 0 Å². The topological polar surface area (TPSA) is 71.5 Å². The van der Waals surface area contributed by atoms with Gasteiger partial charge in [0.2, 0.25) is 11.8 Å². The third-order valence-corrected chi connectivity index (χ3v) is 4.81. The minimum Gasteiger partial charge on any atom is -0.375 e. The SMILES string of the molecule is COCC(=O)N1CCC2(CC1)NC(=O)C[C@H]2c1cccnc1. The number of amides is 2. The fourth-order valence-electron chi connectivity index (χ4n) is 3.66. The molecule has 0 bridgehead atoms. The van der Waals surface area contributed by atoms with Crippen LogP contribution in [-0.4, -0.2) is 54.0 Å². The fraction of sp³-hybridized carbons (Fsp3) is 0.562. The number of carbonyl (C=O) groups excluding carboxylic acids is 2. The lowest BCUT2D eigenvalue weighted by Gasteiger charge is -2.42. The molecule has 0 aliphatic carbocycles. The average molecular weight is 303 g/mol. The van der Waals surface area contributed by atoms with E-state index in [-0.39, 0.29) is 29.9 Å². The molecule has 1 aromatic rings. The van der Waals surface area contributed by atoms with Crippen LogP contribution in [0, 0.1) is 0 Å². The van der Waals surface area contributed by atoms with Crippen LogP contribution in [0.25, 0.3) is 0 Å². The first-order valence-corrected chi connectivity index (χ1v) is 7.62. The summed E-state index contributed by atoms with van der Waals surface area (Å²) in [5.41, 5.74) is 0.849. The summed E-state index contributed by atoms with van der Waals surface area (Å²) in [4.78, 5) is 29.9. The Morgan fingerprint density at radius 3 is 2.91 bits per heavy atom. The zero-order valence-corrected chi connectivity index (χ0v) is 12.7. The van der Waals surface area contributed by atoms with E-state index in [0.717, 1.165) is 18.4 Å². The number of rotatable bonds is 3. The van der Waals surface area contributed by atoms with Gasteiger partial charge >= 0.3 is 0 Å². The minimum atomic E-state index is -0.246. The lowest BCUT2D eigenvalue weighted by molar-refractivity contribution is -0.136. The molecule has 6 heteroatoms. The van der Waals surface area contributed by atoms with Crippen molar-refractivity contribution < 1.29 is 14.3 Å². The van der Waals surface area contributed by atoms with Gasteiger partial charge in [0.25, 0.3) is 0 Å². The number of methoxy groups -OCH3 is 1. The molecule has 2 aliphatic heterocycles. The molecule has 3 rings (SSSR count). The van der Waals surface area contributed by atoms with Gasteiger partial charge in [0.15, 0.2) is 0 Å². The zero-order chi connectivity index (χ0) is 15.6. The van der Waals surface area contributed by atoms with Crippen LogP contribution in [0.3, 0.4) is 0 Å². The Hall–Kier alpha value is -1.95. The Balaban J connectivity index is 1.75. The number of nitrogens with zero attached hydrogens (tertiary/aromatic N) is 2. The predicted octanol–water partition coefficient (Wildman–Crippen LogP) is 0.693. The van der Waals surface area contributed by atoms with Gasteiger partial charge in [0.1, 0.15) is 6.61 Å². The smallest absolute Gasteiger partial charge is 0.248 e. The Morgan fingerprint density at radius 2 is 2.27 bits per heavy atom. The number of carbonyl (C=O) groups is 2. The molecule has 0 saturated carbocycles. The summed E-state index contributed by atoms with van der Waals surface area (Å²) in [5, 5.41) is 3.17. The zero-order valence-electron chi connectivity index (χ0n) is 12.7. The number of piperidine rings is 1. The van der Waals surface area contributed by atoms with Crippen LogP contribution in [0.5, 0.6) is 0 Å². The molecule has 3 heterocycles. The van der Waals surface area contributed by atoms with Crippen molar-refractivity contribution in [3.05, 3.63) is 30.1 Å². The van der Waals surface area contributed by atoms with Gasteiger partial charge in [0.05, 0.1) is 5.54 Å². The van der Waals surface area contributed by atoms with Crippen LogP contribution >= 0.6 is 0 Å². The van der Waals surface area contributed by atoms with Crippen LogP contribution in [0.15, 0.2) is 24.5 Å². The minimum absolute atomic E-state index is 0.0135. The largest absolute Gasteiger partial charge is 0.375 e. The number of aromatic nitrogens is 1. The van der Waals surface area contributed by atoms with Crippen molar-refractivity contribution >= 4 is 11.8 Å². The van der Waals surface area contributed by atoms with Crippen molar-refractivity contribution in [2.24, 2.45) is 0 Å². The van der Waals surface area contributed by atoms with Crippen LogP contribution in [-0.2, 0) is 14.3 Å². The number of likely N-dealkylation sites (tertiary alicyclic amines) is 1. The second-order valence-corrected chi connectivity index (χ2v) is 6.06. The molecule has 118 valence electrons. The monoisotopic (exact) mass is 303 g/mol. The number of hydrogen-bond acceptors (Lipinski definition) is 4. The summed E-state index contributed by atoms with van der Waals surface area (Å²) in [6.07, 6.45) is 5.63. The molecule has 2 saturated heterocycles. The van der Waals surface area contributed by atoms with Crippen LogP contribution < -0.4 is 5.32 Å². The van der Waals surface area contributed by atoms with Gasteiger partial charge in [-0.1, -0.05) is 6.07 Å². The number of hydrogen-bond donors (Lipinski definition) is 1. The lowest BCUT2D eigenvalue weighted by atomic mass is 9.75. The molecule has 1 N–H and O–H groups in total. The Morgan fingerprint density at radius 1 is 1.50 bits per heavy atom. The highest BCUT2D eigenvalue weighted by Gasteiger charge is 2.49. The van der Waals surface area contributed by atoms with E-state index in [9.17, 15) is 9.59 Å². The number of pyridine rings is 1. The van der Waals surface area contributed by atoms with Crippen molar-refractivity contribution in [2.75, 3.05) is 26.8 Å². The fourth-order valence-corrected chi connectivity index (χ4v) is 3.66. The molecule has 1 aromatic heterocycles. The first-order chi connectivity index (χ1) is 10.6. The summed E-state index contributed by atoms with van der Waals surface area (Å²) in [5.74, 6) is 0.235. The van der Waals surface area contributed by atoms with E-state index in [2.05, 4.69) is 10.3 Å². The Labute approximate surface area is 129 Å². The van der Waals surface area contributed by atoms with E-state index < -0.39 is 0 Å². The van der Waals surface area contributed by atoms with Gasteiger partial charge in [0, 0.05) is 44.9 Å². The van der Waals surface area contributed by atoms with E-state index in [1.54, 1.807) is 6.20 Å². The Bertz CT molecular complexity index is 553. The standard InChI is InChI=1S/C16H21N3O3/c1-22-11-15(21)19-7-4-16(5-8-19)13(9-14(20)18-16)12-3-2-6-17-10-12/h2-3,6,10,13H,4-5,7-9,11H2,1H3,(H,18,20)/t13-/m0/s1. The third-order valence-electron chi connectivity index (χ3n) is 4.81. The summed E-state index contributed by atoms with van der Waals surface area (Å²) < 4.78 is 4.91. The highest BCUT2D eigenvalue weighted by molar-refractivity contribution is 5.82. The van der Waals surface area contributed by atoms with Crippen molar-refractivity contribution in [1.29, 1.82) is 0 Å². The van der Waals surface area contributed by atoms with E-state index in [4.69, 9.17) is 4.74 Å². The lowest BCUT2D eigenvalue weighted by Crippen LogP contribution is -2.55. The summed E-state index contributed by atoms with van der Waals surface area (Å²) >= 11 is 0. The van der Waals surface area contributed by atoms with E-state index in [1.165, 1.54) is 7.11 Å². The molecule has 2 amide bonds. The molecule has 1 atom stereocenters. The molecule has 1 spiro atoms. The summed E-state index contributed by atoms with van der Waals surface area (Å²) in [6, 6.07) is 3.94. The second-order valence-electron chi connectivity index (χ2n) is 6.06. The predicted molar refractivity (Wildman–Crippen MR) is 80.2 cm³/mol. The second kappa shape index (κ2) is 6.04. The molecular formula is C16H21N3O3. The first kappa shape index (κ1) is 15.0. The van der Waals surface area contributed by atoms with E-state index >= 15 is 0 Å². The van der Waals surface area contributed by atoms with Gasteiger partial charge in [-0.3, -0.25) is 14.6 Å². The molecular weight excluding hydrogens is 282 g/mol. The molecule has 0 aromatic carbocycles. The average Bonchev–Trinajstić information content (AvgIpc) is 2.85. The normalized spacial score (nSPS) is 23.6. The molecule has 0 radical (unpaired) electrons. The first-order valence-electron chi connectivity index (χ1n) is 7.62. The number of ether oxygens (including phenoxy) is 1. The molecule has 6 nitrogen and oxygen atoms in total. The highest BCUT2D eigenvalue weighted by atomic mass is 16.5. The highest BCUT2D eigenvalue weighted by Crippen LogP contribution is 2.42. The van der Waals surface area contributed by atoms with E-state index in [0.29, 0.717) is 19.5 Å². The van der Waals surface area contributed by atoms with Crippen molar-refractivity contribution in [3.8, 4) is 0 Å². The maximum absolute atomic E-state index is 12.0.